The summed E-state index contributed by atoms with van der Waals surface area (Å²) in [6.45, 7) is 4.55. The SMILES string of the molecule is CCCC(OCC)C(=O)Cc1nc2ccccc2n1C. The second-order valence-corrected chi connectivity index (χ2v) is 4.95. The lowest BCUT2D eigenvalue weighted by Crippen LogP contribution is -2.26. The number of para-hydroxylation sites is 2. The van der Waals surface area contributed by atoms with Gasteiger partial charge in [-0.2, -0.15) is 0 Å². The van der Waals surface area contributed by atoms with Gasteiger partial charge in [0.1, 0.15) is 11.9 Å². The Hall–Kier alpha value is -1.68. The van der Waals surface area contributed by atoms with Gasteiger partial charge in [0.25, 0.3) is 0 Å². The number of fused-ring (bicyclic) bond motifs is 1. The highest BCUT2D eigenvalue weighted by atomic mass is 16.5. The average molecular weight is 274 g/mol. The zero-order valence-electron chi connectivity index (χ0n) is 12.4. The van der Waals surface area contributed by atoms with Crippen molar-refractivity contribution in [3.05, 3.63) is 30.1 Å². The van der Waals surface area contributed by atoms with Crippen molar-refractivity contribution in [2.24, 2.45) is 7.05 Å². The van der Waals surface area contributed by atoms with E-state index in [2.05, 4.69) is 11.9 Å². The van der Waals surface area contributed by atoms with Crippen LogP contribution in [0, 0.1) is 0 Å². The number of aromatic nitrogens is 2. The van der Waals surface area contributed by atoms with Crippen LogP contribution < -0.4 is 0 Å². The molecule has 0 fully saturated rings. The van der Waals surface area contributed by atoms with E-state index >= 15 is 0 Å². The highest BCUT2D eigenvalue weighted by Gasteiger charge is 2.20. The number of imidazole rings is 1. The Morgan fingerprint density at radius 1 is 1.35 bits per heavy atom. The lowest BCUT2D eigenvalue weighted by atomic mass is 10.1. The van der Waals surface area contributed by atoms with Crippen molar-refractivity contribution in [3.8, 4) is 0 Å². The molecule has 108 valence electrons. The molecule has 2 rings (SSSR count). The molecule has 0 aliphatic rings. The molecule has 0 aliphatic heterocycles. The van der Waals surface area contributed by atoms with Crippen molar-refractivity contribution in [1.82, 2.24) is 9.55 Å². The monoisotopic (exact) mass is 274 g/mol. The summed E-state index contributed by atoms with van der Waals surface area (Å²) in [4.78, 5) is 16.9. The second kappa shape index (κ2) is 6.66. The normalized spacial score (nSPS) is 12.8. The summed E-state index contributed by atoms with van der Waals surface area (Å²) in [5.41, 5.74) is 1.99. The number of benzene rings is 1. The summed E-state index contributed by atoms with van der Waals surface area (Å²) in [6.07, 6.45) is 1.75. The molecule has 1 unspecified atom stereocenters. The zero-order chi connectivity index (χ0) is 14.5. The molecule has 4 heteroatoms. The molecular formula is C16H22N2O2. The van der Waals surface area contributed by atoms with Gasteiger partial charge in [0, 0.05) is 13.7 Å². The second-order valence-electron chi connectivity index (χ2n) is 4.95. The molecule has 0 bridgehead atoms. The van der Waals surface area contributed by atoms with Gasteiger partial charge in [0.15, 0.2) is 5.78 Å². The van der Waals surface area contributed by atoms with E-state index in [1.165, 1.54) is 0 Å². The van der Waals surface area contributed by atoms with Gasteiger partial charge in [0.2, 0.25) is 0 Å². The van der Waals surface area contributed by atoms with Crippen LogP contribution in [0.5, 0.6) is 0 Å². The smallest absolute Gasteiger partial charge is 0.169 e. The molecular weight excluding hydrogens is 252 g/mol. The molecule has 1 atom stereocenters. The first-order valence-corrected chi connectivity index (χ1v) is 7.22. The van der Waals surface area contributed by atoms with Crippen molar-refractivity contribution in [2.45, 2.75) is 39.2 Å². The van der Waals surface area contributed by atoms with Crippen molar-refractivity contribution in [2.75, 3.05) is 6.61 Å². The van der Waals surface area contributed by atoms with Gasteiger partial charge >= 0.3 is 0 Å². The summed E-state index contributed by atoms with van der Waals surface area (Å²) in [5.74, 6) is 0.920. The Kier molecular flexibility index (Phi) is 4.90. The van der Waals surface area contributed by atoms with E-state index in [4.69, 9.17) is 4.74 Å². The van der Waals surface area contributed by atoms with Gasteiger partial charge in [0.05, 0.1) is 17.5 Å². The Balaban J connectivity index is 2.18. The maximum absolute atomic E-state index is 12.3. The molecule has 0 N–H and O–H groups in total. The predicted octanol–water partition coefficient (Wildman–Crippen LogP) is 2.89. The Labute approximate surface area is 119 Å². The van der Waals surface area contributed by atoms with E-state index in [1.54, 1.807) is 0 Å². The van der Waals surface area contributed by atoms with Crippen molar-refractivity contribution < 1.29 is 9.53 Å². The van der Waals surface area contributed by atoms with E-state index in [0.717, 1.165) is 29.7 Å². The number of hydrogen-bond acceptors (Lipinski definition) is 3. The summed E-state index contributed by atoms with van der Waals surface area (Å²) < 4.78 is 7.53. The molecule has 0 saturated heterocycles. The maximum atomic E-state index is 12.3. The number of ether oxygens (including phenoxy) is 1. The summed E-state index contributed by atoms with van der Waals surface area (Å²) >= 11 is 0. The van der Waals surface area contributed by atoms with Crippen LogP contribution in [-0.2, 0) is 23.0 Å². The molecule has 0 spiro atoms. The molecule has 20 heavy (non-hydrogen) atoms. The lowest BCUT2D eigenvalue weighted by molar-refractivity contribution is -0.130. The van der Waals surface area contributed by atoms with Crippen LogP contribution in [0.4, 0.5) is 0 Å². The van der Waals surface area contributed by atoms with Gasteiger partial charge in [-0.05, 0) is 25.5 Å². The lowest BCUT2D eigenvalue weighted by Gasteiger charge is -2.14. The number of Topliss-reactive ketones (excluding diaryl/α,β-unsaturated/α-hetero) is 1. The van der Waals surface area contributed by atoms with Crippen LogP contribution in [0.3, 0.4) is 0 Å². The van der Waals surface area contributed by atoms with Crippen LogP contribution in [0.2, 0.25) is 0 Å². The van der Waals surface area contributed by atoms with Crippen molar-refractivity contribution >= 4 is 16.8 Å². The molecule has 0 saturated carbocycles. The van der Waals surface area contributed by atoms with E-state index in [9.17, 15) is 4.79 Å². The topological polar surface area (TPSA) is 44.1 Å². The number of carbonyl (C=O) groups is 1. The summed E-state index contributed by atoms with van der Waals surface area (Å²) in [7, 11) is 1.95. The molecule has 0 radical (unpaired) electrons. The van der Waals surface area contributed by atoms with Gasteiger partial charge in [-0.3, -0.25) is 4.79 Å². The minimum Gasteiger partial charge on any atom is -0.371 e. The van der Waals surface area contributed by atoms with E-state index in [-0.39, 0.29) is 11.9 Å². The van der Waals surface area contributed by atoms with Gasteiger partial charge in [-0.1, -0.05) is 25.5 Å². The average Bonchev–Trinajstić information content (AvgIpc) is 2.76. The third kappa shape index (κ3) is 3.07. The van der Waals surface area contributed by atoms with E-state index in [1.807, 2.05) is 42.8 Å². The highest BCUT2D eigenvalue weighted by Crippen LogP contribution is 2.16. The van der Waals surface area contributed by atoms with Gasteiger partial charge in [-0.25, -0.2) is 4.98 Å². The Morgan fingerprint density at radius 2 is 2.10 bits per heavy atom. The van der Waals surface area contributed by atoms with Gasteiger partial charge in [-0.15, -0.1) is 0 Å². The third-order valence-corrected chi connectivity index (χ3v) is 3.49. The van der Waals surface area contributed by atoms with Crippen LogP contribution in [0.1, 0.15) is 32.5 Å². The maximum Gasteiger partial charge on any atom is 0.169 e. The van der Waals surface area contributed by atoms with Crippen LogP contribution in [0.15, 0.2) is 24.3 Å². The third-order valence-electron chi connectivity index (χ3n) is 3.49. The Morgan fingerprint density at radius 3 is 2.75 bits per heavy atom. The van der Waals surface area contributed by atoms with E-state index < -0.39 is 0 Å². The number of nitrogens with zero attached hydrogens (tertiary/aromatic N) is 2. The highest BCUT2D eigenvalue weighted by molar-refractivity contribution is 5.86. The zero-order valence-corrected chi connectivity index (χ0v) is 12.4. The largest absolute Gasteiger partial charge is 0.371 e. The van der Waals surface area contributed by atoms with Crippen molar-refractivity contribution in [1.29, 1.82) is 0 Å². The molecule has 1 aromatic carbocycles. The number of hydrogen-bond donors (Lipinski definition) is 0. The molecule has 1 aromatic heterocycles. The van der Waals surface area contributed by atoms with Gasteiger partial charge < -0.3 is 9.30 Å². The first kappa shape index (κ1) is 14.7. The molecule has 4 nitrogen and oxygen atoms in total. The number of carbonyl (C=O) groups excluding carboxylic acids is 1. The fraction of sp³-hybridized carbons (Fsp3) is 0.500. The molecule has 0 amide bonds. The minimum atomic E-state index is -0.301. The number of aryl methyl sites for hydroxylation is 1. The van der Waals surface area contributed by atoms with Crippen LogP contribution in [-0.4, -0.2) is 28.0 Å². The first-order chi connectivity index (χ1) is 9.67. The van der Waals surface area contributed by atoms with Crippen LogP contribution >= 0.6 is 0 Å². The summed E-state index contributed by atoms with van der Waals surface area (Å²) in [5, 5.41) is 0. The predicted molar refractivity (Wildman–Crippen MR) is 79.7 cm³/mol. The molecule has 2 aromatic rings. The number of rotatable bonds is 7. The van der Waals surface area contributed by atoms with Crippen LogP contribution in [0.25, 0.3) is 11.0 Å². The summed E-state index contributed by atoms with van der Waals surface area (Å²) in [6, 6.07) is 7.93. The minimum absolute atomic E-state index is 0.118. The quantitative estimate of drug-likeness (QED) is 0.779. The fourth-order valence-electron chi connectivity index (χ4n) is 2.42. The first-order valence-electron chi connectivity index (χ1n) is 7.22. The standard InChI is InChI=1S/C16H22N2O2/c1-4-8-15(20-5-2)14(19)11-16-17-12-9-6-7-10-13(12)18(16)3/h6-7,9-10,15H,4-5,8,11H2,1-3H3. The fourth-order valence-corrected chi connectivity index (χ4v) is 2.42. The van der Waals surface area contributed by atoms with Crippen molar-refractivity contribution in [3.63, 3.8) is 0 Å². The molecule has 0 aliphatic carbocycles. The molecule has 1 heterocycles. The Bertz CT molecular complexity index is 583. The number of ketones is 1. The van der Waals surface area contributed by atoms with E-state index in [0.29, 0.717) is 13.0 Å².